The van der Waals surface area contributed by atoms with E-state index in [1.165, 1.54) is 5.56 Å². The lowest BCUT2D eigenvalue weighted by Gasteiger charge is -2.17. The molecule has 4 heteroatoms. The van der Waals surface area contributed by atoms with Crippen molar-refractivity contribution in [3.05, 3.63) is 29.3 Å². The summed E-state index contributed by atoms with van der Waals surface area (Å²) in [6.07, 6.45) is 0.462. The molecule has 0 saturated carbocycles. The van der Waals surface area contributed by atoms with Crippen molar-refractivity contribution in [1.82, 2.24) is 10.2 Å². The van der Waals surface area contributed by atoms with Gasteiger partial charge in [-0.3, -0.25) is 4.79 Å². The van der Waals surface area contributed by atoms with E-state index in [1.807, 2.05) is 46.1 Å². The minimum absolute atomic E-state index is 0.0651. The first-order valence-corrected chi connectivity index (χ1v) is 7.07. The first kappa shape index (κ1) is 16.5. The maximum Gasteiger partial charge on any atom is 0.260 e. The molecule has 0 radical (unpaired) electrons. The summed E-state index contributed by atoms with van der Waals surface area (Å²) in [5.41, 5.74) is 2.25. The van der Waals surface area contributed by atoms with Gasteiger partial charge in [-0.25, -0.2) is 0 Å². The van der Waals surface area contributed by atoms with Crippen LogP contribution in [0.2, 0.25) is 0 Å². The van der Waals surface area contributed by atoms with Crippen LogP contribution >= 0.6 is 0 Å². The molecule has 0 spiro atoms. The summed E-state index contributed by atoms with van der Waals surface area (Å²) in [6, 6.07) is 5.88. The van der Waals surface area contributed by atoms with Crippen LogP contribution in [0.5, 0.6) is 5.75 Å². The molecule has 0 aromatic heterocycles. The fourth-order valence-corrected chi connectivity index (χ4v) is 1.85. The third-order valence-corrected chi connectivity index (χ3v) is 3.31. The molecule has 1 N–H and O–H groups in total. The monoisotopic (exact) mass is 278 g/mol. The van der Waals surface area contributed by atoms with Gasteiger partial charge < -0.3 is 15.0 Å². The van der Waals surface area contributed by atoms with Gasteiger partial charge in [0.2, 0.25) is 0 Å². The average Bonchev–Trinajstić information content (AvgIpc) is 2.39. The molecule has 1 rings (SSSR count). The van der Waals surface area contributed by atoms with E-state index in [2.05, 4.69) is 10.2 Å². The maximum absolute atomic E-state index is 11.9. The highest BCUT2D eigenvalue weighted by atomic mass is 16.5. The number of rotatable bonds is 7. The van der Waals surface area contributed by atoms with E-state index >= 15 is 0 Å². The molecular formula is C16H26N2O2. The van der Waals surface area contributed by atoms with Crippen molar-refractivity contribution in [1.29, 1.82) is 0 Å². The molecule has 0 bridgehead atoms. The van der Waals surface area contributed by atoms with Crippen LogP contribution in [0.4, 0.5) is 0 Å². The normalized spacial score (nSPS) is 12.3. The summed E-state index contributed by atoms with van der Waals surface area (Å²) in [7, 11) is 4.04. The zero-order chi connectivity index (χ0) is 15.1. The maximum atomic E-state index is 11.9. The van der Waals surface area contributed by atoms with Crippen LogP contribution in [-0.4, -0.2) is 44.1 Å². The predicted molar refractivity (Wildman–Crippen MR) is 82.2 cm³/mol. The number of nitrogens with one attached hydrogen (secondary N) is 1. The van der Waals surface area contributed by atoms with Gasteiger partial charge in [0.1, 0.15) is 5.75 Å². The standard InChI is InChI=1S/C16H26N2O2/c1-12-8-6-9-15(13(12)2)20-14(3)16(19)17-10-7-11-18(4)5/h6,8-9,14H,7,10-11H2,1-5H3,(H,17,19)/t14-/m0/s1. The molecule has 1 atom stereocenters. The Morgan fingerprint density at radius 3 is 2.70 bits per heavy atom. The van der Waals surface area contributed by atoms with Gasteiger partial charge in [-0.1, -0.05) is 12.1 Å². The highest BCUT2D eigenvalue weighted by Crippen LogP contribution is 2.21. The van der Waals surface area contributed by atoms with E-state index in [0.717, 1.165) is 24.3 Å². The van der Waals surface area contributed by atoms with Crippen LogP contribution < -0.4 is 10.1 Å². The molecule has 0 aliphatic carbocycles. The molecule has 1 aromatic carbocycles. The lowest BCUT2D eigenvalue weighted by molar-refractivity contribution is -0.127. The fourth-order valence-electron chi connectivity index (χ4n) is 1.85. The molecular weight excluding hydrogens is 252 g/mol. The lowest BCUT2D eigenvalue weighted by atomic mass is 10.1. The molecule has 20 heavy (non-hydrogen) atoms. The Morgan fingerprint density at radius 2 is 2.05 bits per heavy atom. The van der Waals surface area contributed by atoms with Crippen molar-refractivity contribution < 1.29 is 9.53 Å². The minimum atomic E-state index is -0.477. The van der Waals surface area contributed by atoms with Crippen LogP contribution in [0.3, 0.4) is 0 Å². The Kier molecular flexibility index (Phi) is 6.52. The van der Waals surface area contributed by atoms with Gasteiger partial charge in [0, 0.05) is 6.54 Å². The highest BCUT2D eigenvalue weighted by Gasteiger charge is 2.15. The summed E-state index contributed by atoms with van der Waals surface area (Å²) < 4.78 is 5.74. The summed E-state index contributed by atoms with van der Waals surface area (Å²) in [6.45, 7) is 7.47. The smallest absolute Gasteiger partial charge is 0.260 e. The molecule has 0 fully saturated rings. The van der Waals surface area contributed by atoms with Crippen LogP contribution in [0.1, 0.15) is 24.5 Å². The van der Waals surface area contributed by atoms with Crippen LogP contribution in [0, 0.1) is 13.8 Å². The zero-order valence-corrected chi connectivity index (χ0v) is 13.2. The van der Waals surface area contributed by atoms with E-state index in [9.17, 15) is 4.79 Å². The quantitative estimate of drug-likeness (QED) is 0.777. The number of aryl methyl sites for hydroxylation is 1. The largest absolute Gasteiger partial charge is 0.481 e. The number of benzene rings is 1. The molecule has 0 aliphatic heterocycles. The van der Waals surface area contributed by atoms with Crippen molar-refractivity contribution in [3.8, 4) is 5.75 Å². The van der Waals surface area contributed by atoms with Crippen molar-refractivity contribution in [2.45, 2.75) is 33.3 Å². The zero-order valence-electron chi connectivity index (χ0n) is 13.2. The van der Waals surface area contributed by atoms with Crippen LogP contribution in [0.25, 0.3) is 0 Å². The van der Waals surface area contributed by atoms with E-state index in [4.69, 9.17) is 4.74 Å². The Bertz CT molecular complexity index is 444. The summed E-state index contributed by atoms with van der Waals surface area (Å²) in [5, 5.41) is 2.90. The minimum Gasteiger partial charge on any atom is -0.481 e. The lowest BCUT2D eigenvalue weighted by Crippen LogP contribution is -2.37. The number of amides is 1. The first-order chi connectivity index (χ1) is 9.41. The number of ether oxygens (including phenoxy) is 1. The second-order valence-electron chi connectivity index (χ2n) is 5.41. The van der Waals surface area contributed by atoms with Crippen molar-refractivity contribution >= 4 is 5.91 Å². The molecule has 1 amide bonds. The SMILES string of the molecule is Cc1cccc(O[C@@H](C)C(=O)NCCCN(C)C)c1C. The van der Waals surface area contributed by atoms with Gasteiger partial charge in [-0.05, 0) is 65.0 Å². The topological polar surface area (TPSA) is 41.6 Å². The Morgan fingerprint density at radius 1 is 1.35 bits per heavy atom. The van der Waals surface area contributed by atoms with E-state index in [-0.39, 0.29) is 5.91 Å². The highest BCUT2D eigenvalue weighted by molar-refractivity contribution is 5.80. The summed E-state index contributed by atoms with van der Waals surface area (Å²) in [4.78, 5) is 14.0. The van der Waals surface area contributed by atoms with Gasteiger partial charge in [0.05, 0.1) is 0 Å². The molecule has 0 heterocycles. The number of carbonyl (C=O) groups excluding carboxylic acids is 1. The van der Waals surface area contributed by atoms with Gasteiger partial charge >= 0.3 is 0 Å². The molecule has 0 aliphatic rings. The summed E-state index contributed by atoms with van der Waals surface area (Å²) in [5.74, 6) is 0.714. The predicted octanol–water partition coefficient (Wildman–Crippen LogP) is 2.14. The molecule has 112 valence electrons. The van der Waals surface area contributed by atoms with Gasteiger partial charge in [-0.2, -0.15) is 0 Å². The third kappa shape index (κ3) is 5.21. The van der Waals surface area contributed by atoms with Gasteiger partial charge in [0.25, 0.3) is 5.91 Å². The summed E-state index contributed by atoms with van der Waals surface area (Å²) >= 11 is 0. The van der Waals surface area contributed by atoms with E-state index in [0.29, 0.717) is 6.54 Å². The van der Waals surface area contributed by atoms with E-state index < -0.39 is 6.10 Å². The van der Waals surface area contributed by atoms with Crippen molar-refractivity contribution in [2.75, 3.05) is 27.2 Å². The first-order valence-electron chi connectivity index (χ1n) is 7.07. The Labute approximate surface area is 122 Å². The van der Waals surface area contributed by atoms with Crippen molar-refractivity contribution in [2.24, 2.45) is 0 Å². The van der Waals surface area contributed by atoms with Crippen LogP contribution in [0.15, 0.2) is 18.2 Å². The average molecular weight is 278 g/mol. The fraction of sp³-hybridized carbons (Fsp3) is 0.562. The Balaban J connectivity index is 2.43. The number of nitrogens with zero attached hydrogens (tertiary/aromatic N) is 1. The van der Waals surface area contributed by atoms with Gasteiger partial charge in [-0.15, -0.1) is 0 Å². The molecule has 0 saturated heterocycles. The number of hydrogen-bond acceptors (Lipinski definition) is 3. The number of carbonyl (C=O) groups is 1. The second-order valence-corrected chi connectivity index (χ2v) is 5.41. The van der Waals surface area contributed by atoms with Crippen LogP contribution in [-0.2, 0) is 4.79 Å². The van der Waals surface area contributed by atoms with E-state index in [1.54, 1.807) is 6.92 Å². The number of hydrogen-bond donors (Lipinski definition) is 1. The Hall–Kier alpha value is -1.55. The molecule has 0 unspecified atom stereocenters. The molecule has 1 aromatic rings. The third-order valence-electron chi connectivity index (χ3n) is 3.31. The van der Waals surface area contributed by atoms with Crippen molar-refractivity contribution in [3.63, 3.8) is 0 Å². The molecule has 4 nitrogen and oxygen atoms in total. The van der Waals surface area contributed by atoms with Gasteiger partial charge in [0.15, 0.2) is 6.10 Å². The second kappa shape index (κ2) is 7.90.